The Labute approximate surface area is 94.5 Å². The molecule has 0 aliphatic heterocycles. The van der Waals surface area contributed by atoms with Gasteiger partial charge in [0, 0.05) is 10.9 Å². The molecule has 3 heteroatoms. The Bertz CT molecular complexity index is 293. The highest BCUT2D eigenvalue weighted by atomic mass is 35.5. The molecule has 0 amide bonds. The Morgan fingerprint density at radius 3 is 2.86 bits per heavy atom. The molecule has 1 aliphatic carbocycles. The summed E-state index contributed by atoms with van der Waals surface area (Å²) in [5, 5.41) is 3.37. The van der Waals surface area contributed by atoms with E-state index in [1.54, 1.807) is 11.3 Å². The highest BCUT2D eigenvalue weighted by molar-refractivity contribution is 7.16. The Morgan fingerprint density at radius 1 is 1.57 bits per heavy atom. The molecule has 0 aromatic carbocycles. The molecule has 1 fully saturated rings. The lowest BCUT2D eigenvalue weighted by molar-refractivity contribution is 0.513. The van der Waals surface area contributed by atoms with Gasteiger partial charge in [-0.3, -0.25) is 0 Å². The van der Waals surface area contributed by atoms with E-state index in [1.165, 1.54) is 30.6 Å². The van der Waals surface area contributed by atoms with Gasteiger partial charge in [0.05, 0.1) is 4.34 Å². The first-order valence-corrected chi connectivity index (χ1v) is 6.41. The van der Waals surface area contributed by atoms with Crippen molar-refractivity contribution < 1.29 is 0 Å². The lowest BCUT2D eigenvalue weighted by atomic mass is 10.1. The SMILES string of the molecule is CNC(CCC1CC1)c1ccc(Cl)s1. The molecule has 1 heterocycles. The minimum Gasteiger partial charge on any atom is -0.312 e. The molecule has 1 unspecified atom stereocenters. The van der Waals surface area contributed by atoms with Gasteiger partial charge in [-0.1, -0.05) is 24.4 Å². The summed E-state index contributed by atoms with van der Waals surface area (Å²) in [6, 6.07) is 4.64. The smallest absolute Gasteiger partial charge is 0.0931 e. The van der Waals surface area contributed by atoms with Crippen molar-refractivity contribution in [3.05, 3.63) is 21.3 Å². The van der Waals surface area contributed by atoms with E-state index in [0.29, 0.717) is 6.04 Å². The van der Waals surface area contributed by atoms with Crippen LogP contribution in [-0.4, -0.2) is 7.05 Å². The minimum absolute atomic E-state index is 0.507. The number of hydrogen-bond acceptors (Lipinski definition) is 2. The van der Waals surface area contributed by atoms with Gasteiger partial charge in [-0.05, 0) is 37.9 Å². The van der Waals surface area contributed by atoms with Gasteiger partial charge in [-0.25, -0.2) is 0 Å². The largest absolute Gasteiger partial charge is 0.312 e. The van der Waals surface area contributed by atoms with Crippen LogP contribution in [0.25, 0.3) is 0 Å². The average Bonchev–Trinajstić information content (AvgIpc) is 2.90. The molecule has 2 rings (SSSR count). The first-order valence-electron chi connectivity index (χ1n) is 5.22. The monoisotopic (exact) mass is 229 g/mol. The molecule has 1 aromatic heterocycles. The van der Waals surface area contributed by atoms with E-state index in [9.17, 15) is 0 Å². The van der Waals surface area contributed by atoms with Crippen molar-refractivity contribution in [2.75, 3.05) is 7.05 Å². The van der Waals surface area contributed by atoms with Crippen LogP contribution in [0.5, 0.6) is 0 Å². The molecule has 1 saturated carbocycles. The van der Waals surface area contributed by atoms with Crippen LogP contribution < -0.4 is 5.32 Å². The van der Waals surface area contributed by atoms with Crippen LogP contribution >= 0.6 is 22.9 Å². The molecule has 1 nitrogen and oxygen atoms in total. The Morgan fingerprint density at radius 2 is 2.36 bits per heavy atom. The summed E-state index contributed by atoms with van der Waals surface area (Å²) < 4.78 is 0.895. The van der Waals surface area contributed by atoms with Crippen LogP contribution in [-0.2, 0) is 0 Å². The Hall–Kier alpha value is -0.0500. The van der Waals surface area contributed by atoms with Gasteiger partial charge in [0.2, 0.25) is 0 Å². The maximum Gasteiger partial charge on any atom is 0.0931 e. The van der Waals surface area contributed by atoms with Crippen molar-refractivity contribution in [1.82, 2.24) is 5.32 Å². The minimum atomic E-state index is 0.507. The Balaban J connectivity index is 1.90. The molecule has 0 radical (unpaired) electrons. The van der Waals surface area contributed by atoms with Crippen LogP contribution in [0.15, 0.2) is 12.1 Å². The van der Waals surface area contributed by atoms with Crippen LogP contribution in [0.3, 0.4) is 0 Å². The third kappa shape index (κ3) is 2.72. The van der Waals surface area contributed by atoms with Crippen LogP contribution in [0.2, 0.25) is 4.34 Å². The molecule has 1 aromatic rings. The fourth-order valence-electron chi connectivity index (χ4n) is 1.75. The predicted molar refractivity (Wildman–Crippen MR) is 63.1 cm³/mol. The van der Waals surface area contributed by atoms with Gasteiger partial charge in [-0.2, -0.15) is 0 Å². The van der Waals surface area contributed by atoms with Crippen LogP contribution in [0, 0.1) is 5.92 Å². The quantitative estimate of drug-likeness (QED) is 0.809. The second kappa shape index (κ2) is 4.65. The van der Waals surface area contributed by atoms with Gasteiger partial charge < -0.3 is 5.32 Å². The number of nitrogens with one attached hydrogen (secondary N) is 1. The van der Waals surface area contributed by atoms with Gasteiger partial charge in [0.1, 0.15) is 0 Å². The number of halogens is 1. The molecule has 0 spiro atoms. The summed E-state index contributed by atoms with van der Waals surface area (Å²) in [5.74, 6) is 1.02. The molecule has 1 aliphatic rings. The van der Waals surface area contributed by atoms with E-state index in [0.717, 1.165) is 10.3 Å². The molecule has 1 atom stereocenters. The second-order valence-electron chi connectivity index (χ2n) is 4.00. The topological polar surface area (TPSA) is 12.0 Å². The van der Waals surface area contributed by atoms with E-state index in [-0.39, 0.29) is 0 Å². The van der Waals surface area contributed by atoms with E-state index >= 15 is 0 Å². The molecule has 0 bridgehead atoms. The van der Waals surface area contributed by atoms with Crippen molar-refractivity contribution in [3.8, 4) is 0 Å². The second-order valence-corrected chi connectivity index (χ2v) is 5.75. The highest BCUT2D eigenvalue weighted by Gasteiger charge is 2.22. The van der Waals surface area contributed by atoms with E-state index in [1.807, 2.05) is 13.1 Å². The molecule has 0 saturated heterocycles. The van der Waals surface area contributed by atoms with Gasteiger partial charge >= 0.3 is 0 Å². The summed E-state index contributed by atoms with van der Waals surface area (Å²) in [5.41, 5.74) is 0. The van der Waals surface area contributed by atoms with E-state index in [2.05, 4.69) is 11.4 Å². The Kier molecular flexibility index (Phi) is 3.47. The van der Waals surface area contributed by atoms with Crippen molar-refractivity contribution in [1.29, 1.82) is 0 Å². The first-order chi connectivity index (χ1) is 6.79. The summed E-state index contributed by atoms with van der Waals surface area (Å²) >= 11 is 7.62. The average molecular weight is 230 g/mol. The molecule has 1 N–H and O–H groups in total. The number of thiophene rings is 1. The zero-order valence-electron chi connectivity index (χ0n) is 8.42. The van der Waals surface area contributed by atoms with Gasteiger partial charge in [0.25, 0.3) is 0 Å². The zero-order chi connectivity index (χ0) is 9.97. The van der Waals surface area contributed by atoms with Crippen molar-refractivity contribution >= 4 is 22.9 Å². The van der Waals surface area contributed by atoms with Crippen molar-refractivity contribution in [2.45, 2.75) is 31.7 Å². The third-order valence-corrected chi connectivity index (χ3v) is 4.19. The zero-order valence-corrected chi connectivity index (χ0v) is 10.00. The van der Waals surface area contributed by atoms with E-state index < -0.39 is 0 Å². The molecular formula is C11H16ClNS. The third-order valence-electron chi connectivity index (χ3n) is 2.85. The molecular weight excluding hydrogens is 214 g/mol. The fraction of sp³-hybridized carbons (Fsp3) is 0.636. The van der Waals surface area contributed by atoms with Gasteiger partial charge in [-0.15, -0.1) is 11.3 Å². The summed E-state index contributed by atoms with van der Waals surface area (Å²) in [6.45, 7) is 0. The van der Waals surface area contributed by atoms with Crippen molar-refractivity contribution in [2.24, 2.45) is 5.92 Å². The molecule has 14 heavy (non-hydrogen) atoms. The summed E-state index contributed by atoms with van der Waals surface area (Å²) in [4.78, 5) is 1.37. The molecule has 78 valence electrons. The maximum atomic E-state index is 5.93. The standard InChI is InChI=1S/C11H16ClNS/c1-13-9(5-4-8-2-3-8)10-6-7-11(12)14-10/h6-9,13H,2-5H2,1H3. The predicted octanol–water partition coefficient (Wildman–Crippen LogP) is 3.85. The summed E-state index contributed by atoms with van der Waals surface area (Å²) in [6.07, 6.45) is 5.50. The highest BCUT2D eigenvalue weighted by Crippen LogP contribution is 2.37. The van der Waals surface area contributed by atoms with Crippen LogP contribution in [0.4, 0.5) is 0 Å². The maximum absolute atomic E-state index is 5.93. The number of hydrogen-bond donors (Lipinski definition) is 1. The lowest BCUT2D eigenvalue weighted by Crippen LogP contribution is -2.15. The van der Waals surface area contributed by atoms with Crippen molar-refractivity contribution in [3.63, 3.8) is 0 Å². The lowest BCUT2D eigenvalue weighted by Gasteiger charge is -2.13. The normalized spacial score (nSPS) is 18.4. The fourth-order valence-corrected chi connectivity index (χ4v) is 2.96. The van der Waals surface area contributed by atoms with E-state index in [4.69, 9.17) is 11.6 Å². The summed E-state index contributed by atoms with van der Waals surface area (Å²) in [7, 11) is 2.03. The van der Waals surface area contributed by atoms with Gasteiger partial charge in [0.15, 0.2) is 0 Å². The van der Waals surface area contributed by atoms with Crippen LogP contribution in [0.1, 0.15) is 36.6 Å². The first kappa shape index (κ1) is 10.5. The number of rotatable bonds is 5.